The summed E-state index contributed by atoms with van der Waals surface area (Å²) in [6.07, 6.45) is 4.72. The molecule has 29 heavy (non-hydrogen) atoms. The van der Waals surface area contributed by atoms with Crippen molar-refractivity contribution in [2.24, 2.45) is 0 Å². The molecule has 1 aromatic heterocycles. The number of thiophene rings is 1. The van der Waals surface area contributed by atoms with E-state index in [2.05, 4.69) is 5.32 Å². The second-order valence-electron chi connectivity index (χ2n) is 6.79. The van der Waals surface area contributed by atoms with E-state index in [4.69, 9.17) is 4.74 Å². The van der Waals surface area contributed by atoms with Gasteiger partial charge in [0.05, 0.1) is 24.1 Å². The number of aryl methyl sites for hydroxylation is 1. The summed E-state index contributed by atoms with van der Waals surface area (Å²) < 4.78 is 30.7. The van der Waals surface area contributed by atoms with Crippen LogP contribution in [0.5, 0.6) is 0 Å². The van der Waals surface area contributed by atoms with Gasteiger partial charge in [-0.3, -0.25) is 9.10 Å². The van der Waals surface area contributed by atoms with Gasteiger partial charge in [-0.15, -0.1) is 11.3 Å². The third-order valence-electron chi connectivity index (χ3n) is 4.64. The zero-order valence-electron chi connectivity index (χ0n) is 16.4. The van der Waals surface area contributed by atoms with Gasteiger partial charge in [-0.25, -0.2) is 13.2 Å². The molecule has 9 heteroatoms. The fourth-order valence-electron chi connectivity index (χ4n) is 3.36. The number of fused-ring (bicyclic) bond motifs is 1. The number of benzene rings is 1. The molecule has 7 nitrogen and oxygen atoms in total. The first kappa shape index (κ1) is 21.3. The summed E-state index contributed by atoms with van der Waals surface area (Å²) in [4.78, 5) is 26.3. The normalized spacial score (nSPS) is 13.4. The van der Waals surface area contributed by atoms with Crippen molar-refractivity contribution in [2.75, 3.05) is 29.0 Å². The monoisotopic (exact) mass is 436 g/mol. The number of nitrogens with one attached hydrogen (secondary N) is 1. The molecule has 0 unspecified atom stereocenters. The van der Waals surface area contributed by atoms with Gasteiger partial charge in [-0.2, -0.15) is 0 Å². The summed E-state index contributed by atoms with van der Waals surface area (Å²) in [7, 11) is -3.66. The highest BCUT2D eigenvalue weighted by atomic mass is 32.2. The smallest absolute Gasteiger partial charge is 0.341 e. The average molecular weight is 437 g/mol. The lowest BCUT2D eigenvalue weighted by Gasteiger charge is -2.21. The number of amides is 1. The van der Waals surface area contributed by atoms with Gasteiger partial charge >= 0.3 is 5.97 Å². The van der Waals surface area contributed by atoms with Crippen LogP contribution in [0, 0.1) is 0 Å². The van der Waals surface area contributed by atoms with Crippen molar-refractivity contribution in [2.45, 2.75) is 32.6 Å². The SMILES string of the molecule is CCOC(=O)c1c(NC(=O)CN(c2ccccc2)S(C)(=O)=O)sc2c1CCCC2. The highest BCUT2D eigenvalue weighted by molar-refractivity contribution is 7.92. The molecule has 0 saturated heterocycles. The first-order valence-electron chi connectivity index (χ1n) is 9.45. The van der Waals surface area contributed by atoms with E-state index in [1.54, 1.807) is 37.3 Å². The number of carbonyl (C=O) groups is 2. The van der Waals surface area contributed by atoms with Gasteiger partial charge in [0.15, 0.2) is 0 Å². The summed E-state index contributed by atoms with van der Waals surface area (Å²) in [6.45, 7) is 1.60. The Morgan fingerprint density at radius 2 is 1.86 bits per heavy atom. The number of hydrogen-bond donors (Lipinski definition) is 1. The van der Waals surface area contributed by atoms with E-state index >= 15 is 0 Å². The predicted molar refractivity (Wildman–Crippen MR) is 114 cm³/mol. The molecule has 0 aliphatic heterocycles. The molecule has 0 radical (unpaired) electrons. The largest absolute Gasteiger partial charge is 0.462 e. The molecular formula is C20H24N2O5S2. The minimum atomic E-state index is -3.66. The third-order valence-corrected chi connectivity index (χ3v) is 6.98. The molecule has 156 valence electrons. The molecule has 0 saturated carbocycles. The molecule has 0 spiro atoms. The molecule has 0 fully saturated rings. The molecule has 0 bridgehead atoms. The lowest BCUT2D eigenvalue weighted by atomic mass is 9.95. The molecule has 2 aromatic rings. The molecule has 1 aromatic carbocycles. The van der Waals surface area contributed by atoms with Crippen molar-refractivity contribution in [3.05, 3.63) is 46.3 Å². The van der Waals surface area contributed by atoms with Crippen molar-refractivity contribution < 1.29 is 22.7 Å². The number of rotatable bonds is 7. The van der Waals surface area contributed by atoms with Gasteiger partial charge in [0.25, 0.3) is 0 Å². The van der Waals surface area contributed by atoms with Crippen LogP contribution in [0.2, 0.25) is 0 Å². The second kappa shape index (κ2) is 8.96. The van der Waals surface area contributed by atoms with E-state index < -0.39 is 21.9 Å². The molecule has 1 aliphatic rings. The summed E-state index contributed by atoms with van der Waals surface area (Å²) in [6, 6.07) is 8.44. The Bertz CT molecular complexity index is 999. The number of ether oxygens (including phenoxy) is 1. The standard InChI is InChI=1S/C20H24N2O5S2/c1-3-27-20(24)18-15-11-7-8-12-16(15)28-19(18)21-17(23)13-22(29(2,25)26)14-9-5-4-6-10-14/h4-6,9-10H,3,7-8,11-13H2,1-2H3,(H,21,23). The maximum absolute atomic E-state index is 12.7. The fourth-order valence-corrected chi connectivity index (χ4v) is 5.51. The Morgan fingerprint density at radius 1 is 1.17 bits per heavy atom. The molecule has 1 aliphatic carbocycles. The van der Waals surface area contributed by atoms with Crippen LogP contribution in [0.25, 0.3) is 0 Å². The number of nitrogens with zero attached hydrogens (tertiary/aromatic N) is 1. The lowest BCUT2D eigenvalue weighted by molar-refractivity contribution is -0.114. The topological polar surface area (TPSA) is 92.8 Å². The minimum absolute atomic E-state index is 0.243. The van der Waals surface area contributed by atoms with Gasteiger partial charge in [0, 0.05) is 4.88 Å². The minimum Gasteiger partial charge on any atom is -0.462 e. The van der Waals surface area contributed by atoms with Crippen LogP contribution in [0.1, 0.15) is 40.6 Å². The Balaban J connectivity index is 1.86. The first-order chi connectivity index (χ1) is 13.8. The van der Waals surface area contributed by atoms with Gasteiger partial charge in [-0.05, 0) is 50.3 Å². The van der Waals surface area contributed by atoms with Crippen LogP contribution in [0.4, 0.5) is 10.7 Å². The molecule has 1 N–H and O–H groups in total. The fraction of sp³-hybridized carbons (Fsp3) is 0.400. The summed E-state index contributed by atoms with van der Waals surface area (Å²) in [5.74, 6) is -0.964. The number of para-hydroxylation sites is 1. The van der Waals surface area contributed by atoms with Crippen LogP contribution in [-0.2, 0) is 32.4 Å². The maximum atomic E-state index is 12.7. The number of carbonyl (C=O) groups excluding carboxylic acids is 2. The number of esters is 1. The van der Waals surface area contributed by atoms with Crippen molar-refractivity contribution >= 4 is 43.9 Å². The van der Waals surface area contributed by atoms with Crippen LogP contribution in [-0.4, -0.2) is 39.7 Å². The van der Waals surface area contributed by atoms with Crippen LogP contribution in [0.15, 0.2) is 30.3 Å². The first-order valence-corrected chi connectivity index (χ1v) is 12.1. The van der Waals surface area contributed by atoms with E-state index in [9.17, 15) is 18.0 Å². The van der Waals surface area contributed by atoms with Gasteiger partial charge in [0.1, 0.15) is 11.5 Å². The summed E-state index contributed by atoms with van der Waals surface area (Å²) >= 11 is 1.37. The molecule has 3 rings (SSSR count). The van der Waals surface area contributed by atoms with Crippen molar-refractivity contribution in [1.82, 2.24) is 0 Å². The van der Waals surface area contributed by atoms with E-state index in [1.165, 1.54) is 11.3 Å². The van der Waals surface area contributed by atoms with Gasteiger partial charge < -0.3 is 10.1 Å². The highest BCUT2D eigenvalue weighted by Gasteiger charge is 2.28. The van der Waals surface area contributed by atoms with E-state index in [-0.39, 0.29) is 13.2 Å². The predicted octanol–water partition coefficient (Wildman–Crippen LogP) is 3.21. The molecule has 0 atom stereocenters. The summed E-state index contributed by atoms with van der Waals surface area (Å²) in [5.41, 5.74) is 1.75. The zero-order valence-corrected chi connectivity index (χ0v) is 18.1. The number of sulfonamides is 1. The highest BCUT2D eigenvalue weighted by Crippen LogP contribution is 2.38. The van der Waals surface area contributed by atoms with Crippen LogP contribution in [0.3, 0.4) is 0 Å². The van der Waals surface area contributed by atoms with Crippen molar-refractivity contribution in [1.29, 1.82) is 0 Å². The lowest BCUT2D eigenvalue weighted by Crippen LogP contribution is -2.37. The van der Waals surface area contributed by atoms with E-state index in [0.717, 1.165) is 46.7 Å². The molecule has 1 heterocycles. The average Bonchev–Trinajstić information content (AvgIpc) is 3.04. The Labute approximate surface area is 174 Å². The Morgan fingerprint density at radius 3 is 2.52 bits per heavy atom. The second-order valence-corrected chi connectivity index (χ2v) is 9.80. The van der Waals surface area contributed by atoms with E-state index in [1.807, 2.05) is 0 Å². The molecule has 1 amide bonds. The summed E-state index contributed by atoms with van der Waals surface area (Å²) in [5, 5.41) is 3.18. The quantitative estimate of drug-likeness (QED) is 0.673. The van der Waals surface area contributed by atoms with Gasteiger partial charge in [0.2, 0.25) is 15.9 Å². The third kappa shape index (κ3) is 4.97. The molecular weight excluding hydrogens is 412 g/mol. The Hall–Kier alpha value is -2.39. The number of anilines is 2. The Kier molecular flexibility index (Phi) is 6.59. The van der Waals surface area contributed by atoms with Crippen LogP contribution < -0.4 is 9.62 Å². The van der Waals surface area contributed by atoms with Crippen molar-refractivity contribution in [3.63, 3.8) is 0 Å². The van der Waals surface area contributed by atoms with Crippen LogP contribution >= 0.6 is 11.3 Å². The maximum Gasteiger partial charge on any atom is 0.341 e. The number of hydrogen-bond acceptors (Lipinski definition) is 6. The van der Waals surface area contributed by atoms with Gasteiger partial charge in [-0.1, -0.05) is 18.2 Å². The van der Waals surface area contributed by atoms with E-state index in [0.29, 0.717) is 16.3 Å². The van der Waals surface area contributed by atoms with Crippen molar-refractivity contribution in [3.8, 4) is 0 Å². The zero-order chi connectivity index (χ0) is 21.0.